The second-order valence-corrected chi connectivity index (χ2v) is 7.76. The van der Waals surface area contributed by atoms with Crippen molar-refractivity contribution in [2.75, 3.05) is 13.1 Å². The van der Waals surface area contributed by atoms with E-state index in [0.717, 1.165) is 37.5 Å². The predicted molar refractivity (Wildman–Crippen MR) is 107 cm³/mol. The molecule has 1 fully saturated rings. The van der Waals surface area contributed by atoms with Crippen LogP contribution in [0.2, 0.25) is 5.02 Å². The second-order valence-electron chi connectivity index (χ2n) is 7.33. The number of hydrogen-bond acceptors (Lipinski definition) is 2. The third-order valence-electron chi connectivity index (χ3n) is 5.17. The summed E-state index contributed by atoms with van der Waals surface area (Å²) in [5.74, 6) is -0.613. The van der Waals surface area contributed by atoms with E-state index in [1.807, 2.05) is 12.1 Å². The monoisotopic (exact) mass is 403 g/mol. The molecule has 0 saturated carbocycles. The number of ketones is 1. The van der Waals surface area contributed by atoms with Gasteiger partial charge in [0, 0.05) is 47.9 Å². The molecule has 1 aliphatic heterocycles. The van der Waals surface area contributed by atoms with Crippen LogP contribution in [0.25, 0.3) is 0 Å². The van der Waals surface area contributed by atoms with E-state index in [2.05, 4.69) is 17.4 Å². The number of halogens is 2. The standard InChI is InChI=1S/C22H24ClFN2O2/c23-18-5-1-16(2-6-18)15-26-13-11-20(12-14-26)25-22(28)10-9-21(27)17-3-7-19(24)8-4-17/h1-8,20H,9-15H2,(H,25,28)/p+1. The first-order valence-electron chi connectivity index (χ1n) is 9.66. The zero-order valence-corrected chi connectivity index (χ0v) is 16.5. The van der Waals surface area contributed by atoms with Gasteiger partial charge in [0.2, 0.25) is 5.91 Å². The quantitative estimate of drug-likeness (QED) is 0.698. The molecule has 1 aliphatic rings. The highest BCUT2D eigenvalue weighted by Gasteiger charge is 2.23. The summed E-state index contributed by atoms with van der Waals surface area (Å²) in [5.41, 5.74) is 1.70. The number of likely N-dealkylation sites (tertiary alicyclic amines) is 1. The van der Waals surface area contributed by atoms with Crippen molar-refractivity contribution in [3.05, 3.63) is 70.5 Å². The molecule has 0 aromatic heterocycles. The van der Waals surface area contributed by atoms with Crippen molar-refractivity contribution in [2.24, 2.45) is 0 Å². The van der Waals surface area contributed by atoms with Gasteiger partial charge in [0.05, 0.1) is 13.1 Å². The zero-order valence-electron chi connectivity index (χ0n) is 15.7. The molecule has 4 nitrogen and oxygen atoms in total. The Labute approximate surface area is 169 Å². The molecule has 2 N–H and O–H groups in total. The predicted octanol–water partition coefficient (Wildman–Crippen LogP) is 2.81. The van der Waals surface area contributed by atoms with Gasteiger partial charge in [0.25, 0.3) is 0 Å². The zero-order chi connectivity index (χ0) is 19.9. The van der Waals surface area contributed by atoms with Crippen LogP contribution >= 0.6 is 11.6 Å². The van der Waals surface area contributed by atoms with Gasteiger partial charge in [-0.2, -0.15) is 0 Å². The number of hydrogen-bond donors (Lipinski definition) is 2. The molecule has 0 aliphatic carbocycles. The number of rotatable bonds is 7. The topological polar surface area (TPSA) is 50.6 Å². The van der Waals surface area contributed by atoms with Gasteiger partial charge in [-0.25, -0.2) is 4.39 Å². The second kappa shape index (κ2) is 9.80. The molecular weight excluding hydrogens is 379 g/mol. The van der Waals surface area contributed by atoms with E-state index in [1.165, 1.54) is 34.7 Å². The number of carbonyl (C=O) groups excluding carboxylic acids is 2. The van der Waals surface area contributed by atoms with Gasteiger partial charge in [-0.3, -0.25) is 9.59 Å². The normalized spacial score (nSPS) is 19.2. The lowest BCUT2D eigenvalue weighted by Gasteiger charge is -2.29. The number of nitrogens with one attached hydrogen (secondary N) is 2. The minimum Gasteiger partial charge on any atom is -0.353 e. The Morgan fingerprint density at radius 2 is 1.64 bits per heavy atom. The van der Waals surface area contributed by atoms with Crippen molar-refractivity contribution < 1.29 is 18.9 Å². The number of Topliss-reactive ketones (excluding diaryl/α,β-unsaturated/α-hetero) is 1. The highest BCUT2D eigenvalue weighted by Crippen LogP contribution is 2.10. The number of benzene rings is 2. The molecular formula is C22H25ClFN2O2+. The Kier molecular flexibility index (Phi) is 7.18. The molecule has 3 rings (SSSR count). The van der Waals surface area contributed by atoms with E-state index in [-0.39, 0.29) is 36.4 Å². The first-order chi connectivity index (χ1) is 13.5. The maximum Gasteiger partial charge on any atom is 0.220 e. The van der Waals surface area contributed by atoms with E-state index < -0.39 is 0 Å². The largest absolute Gasteiger partial charge is 0.353 e. The Hall–Kier alpha value is -2.24. The lowest BCUT2D eigenvalue weighted by molar-refractivity contribution is -0.918. The maximum absolute atomic E-state index is 12.9. The third-order valence-corrected chi connectivity index (χ3v) is 5.42. The molecule has 6 heteroatoms. The number of carbonyl (C=O) groups is 2. The van der Waals surface area contributed by atoms with Crippen LogP contribution in [0.4, 0.5) is 4.39 Å². The first-order valence-corrected chi connectivity index (χ1v) is 10.0. The van der Waals surface area contributed by atoms with E-state index in [1.54, 1.807) is 0 Å². The van der Waals surface area contributed by atoms with Crippen LogP contribution in [0.15, 0.2) is 48.5 Å². The Morgan fingerprint density at radius 3 is 2.29 bits per heavy atom. The van der Waals surface area contributed by atoms with Gasteiger partial charge < -0.3 is 10.2 Å². The maximum atomic E-state index is 12.9. The first kappa shape index (κ1) is 20.5. The van der Waals surface area contributed by atoms with Crippen LogP contribution < -0.4 is 10.2 Å². The molecule has 0 atom stereocenters. The minimum absolute atomic E-state index is 0.0957. The fourth-order valence-corrected chi connectivity index (χ4v) is 3.67. The molecule has 1 amide bonds. The number of piperidine rings is 1. The molecule has 0 bridgehead atoms. The SMILES string of the molecule is O=C(CCC(=O)c1ccc(F)cc1)NC1CC[NH+](Cc2ccc(Cl)cc2)CC1. The molecule has 2 aromatic rings. The van der Waals surface area contributed by atoms with Crippen LogP contribution in [0.1, 0.15) is 41.6 Å². The molecule has 2 aromatic carbocycles. The van der Waals surface area contributed by atoms with Crippen LogP contribution in [0.5, 0.6) is 0 Å². The van der Waals surface area contributed by atoms with Gasteiger partial charge in [-0.15, -0.1) is 0 Å². The van der Waals surface area contributed by atoms with Crippen molar-refractivity contribution in [1.29, 1.82) is 0 Å². The summed E-state index contributed by atoms with van der Waals surface area (Å²) in [7, 11) is 0. The highest BCUT2D eigenvalue weighted by molar-refractivity contribution is 6.30. The highest BCUT2D eigenvalue weighted by atomic mass is 35.5. The molecule has 148 valence electrons. The Bertz CT molecular complexity index is 800. The van der Waals surface area contributed by atoms with E-state index >= 15 is 0 Å². The van der Waals surface area contributed by atoms with Gasteiger partial charge in [0.15, 0.2) is 5.78 Å². The molecule has 0 unspecified atom stereocenters. The summed E-state index contributed by atoms with van der Waals surface area (Å²) in [6.07, 6.45) is 2.16. The van der Waals surface area contributed by atoms with Gasteiger partial charge >= 0.3 is 0 Å². The lowest BCUT2D eigenvalue weighted by atomic mass is 10.0. The summed E-state index contributed by atoms with van der Waals surface area (Å²) >= 11 is 5.93. The summed E-state index contributed by atoms with van der Waals surface area (Å²) < 4.78 is 12.9. The van der Waals surface area contributed by atoms with Gasteiger partial charge in [-0.05, 0) is 36.4 Å². The molecule has 1 saturated heterocycles. The van der Waals surface area contributed by atoms with Gasteiger partial charge in [-0.1, -0.05) is 23.7 Å². The van der Waals surface area contributed by atoms with E-state index in [4.69, 9.17) is 11.6 Å². The van der Waals surface area contributed by atoms with E-state index in [9.17, 15) is 14.0 Å². The molecule has 28 heavy (non-hydrogen) atoms. The summed E-state index contributed by atoms with van der Waals surface area (Å²) in [6.45, 7) is 2.97. The van der Waals surface area contributed by atoms with Crippen LogP contribution in [-0.4, -0.2) is 30.8 Å². The van der Waals surface area contributed by atoms with Crippen molar-refractivity contribution >= 4 is 23.3 Å². The fraction of sp³-hybridized carbons (Fsp3) is 0.364. The molecule has 0 radical (unpaired) electrons. The smallest absolute Gasteiger partial charge is 0.220 e. The van der Waals surface area contributed by atoms with Crippen molar-refractivity contribution in [1.82, 2.24) is 5.32 Å². The lowest BCUT2D eigenvalue weighted by Crippen LogP contribution is -3.12. The summed E-state index contributed by atoms with van der Waals surface area (Å²) in [5, 5.41) is 3.79. The summed E-state index contributed by atoms with van der Waals surface area (Å²) in [6, 6.07) is 13.5. The Balaban J connectivity index is 1.37. The van der Waals surface area contributed by atoms with Crippen molar-refractivity contribution in [2.45, 2.75) is 38.3 Å². The molecule has 0 spiro atoms. The minimum atomic E-state index is -0.376. The third kappa shape index (κ3) is 6.14. The number of amides is 1. The fourth-order valence-electron chi connectivity index (χ4n) is 3.55. The van der Waals surface area contributed by atoms with Crippen molar-refractivity contribution in [3.63, 3.8) is 0 Å². The van der Waals surface area contributed by atoms with Crippen LogP contribution in [-0.2, 0) is 11.3 Å². The summed E-state index contributed by atoms with van der Waals surface area (Å²) in [4.78, 5) is 25.7. The van der Waals surface area contributed by atoms with Crippen LogP contribution in [0.3, 0.4) is 0 Å². The van der Waals surface area contributed by atoms with Crippen LogP contribution in [0, 0.1) is 5.82 Å². The van der Waals surface area contributed by atoms with E-state index in [0.29, 0.717) is 5.56 Å². The van der Waals surface area contributed by atoms with Gasteiger partial charge in [0.1, 0.15) is 12.4 Å². The number of quaternary nitrogens is 1. The average molecular weight is 404 g/mol. The molecule has 1 heterocycles. The Morgan fingerprint density at radius 1 is 1.00 bits per heavy atom. The van der Waals surface area contributed by atoms with Crippen molar-refractivity contribution in [3.8, 4) is 0 Å². The average Bonchev–Trinajstić information content (AvgIpc) is 2.70.